The Morgan fingerprint density at radius 3 is 2.74 bits per heavy atom. The largest absolute Gasteiger partial charge is 0.506 e. The quantitative estimate of drug-likeness (QED) is 0.451. The molecule has 2 rings (SSSR count). The van der Waals surface area contributed by atoms with E-state index >= 15 is 0 Å². The number of rotatable bonds is 3. The van der Waals surface area contributed by atoms with Gasteiger partial charge < -0.3 is 10.8 Å². The Morgan fingerprint density at radius 1 is 1.42 bits per heavy atom. The molecule has 0 saturated heterocycles. The number of aromatic hydroxyl groups is 1. The first-order valence-electron chi connectivity index (χ1n) is 5.33. The van der Waals surface area contributed by atoms with Crippen molar-refractivity contribution in [2.24, 2.45) is 0 Å². The number of ketones is 1. The van der Waals surface area contributed by atoms with Gasteiger partial charge in [-0.25, -0.2) is 4.98 Å². The van der Waals surface area contributed by atoms with Crippen molar-refractivity contribution >= 4 is 33.8 Å². The average molecular weight is 277 g/mol. The van der Waals surface area contributed by atoms with E-state index < -0.39 is 5.91 Å². The van der Waals surface area contributed by atoms with Gasteiger partial charge in [-0.15, -0.1) is 11.3 Å². The van der Waals surface area contributed by atoms with Crippen LogP contribution < -0.4 is 11.1 Å². The summed E-state index contributed by atoms with van der Waals surface area (Å²) in [5.41, 5.74) is 6.21. The van der Waals surface area contributed by atoms with E-state index in [1.807, 2.05) is 0 Å². The summed E-state index contributed by atoms with van der Waals surface area (Å²) < 4.78 is 0. The Labute approximate surface area is 112 Å². The second kappa shape index (κ2) is 5.07. The van der Waals surface area contributed by atoms with E-state index in [1.165, 1.54) is 25.1 Å². The molecule has 2 aromatic rings. The van der Waals surface area contributed by atoms with Crippen molar-refractivity contribution in [1.82, 2.24) is 4.98 Å². The Kier molecular flexibility index (Phi) is 3.48. The van der Waals surface area contributed by atoms with Crippen LogP contribution in [0.3, 0.4) is 0 Å². The molecule has 0 fully saturated rings. The average Bonchev–Trinajstić information content (AvgIpc) is 2.81. The summed E-state index contributed by atoms with van der Waals surface area (Å²) in [6, 6.07) is 4.20. The fraction of sp³-hybridized carbons (Fsp3) is 0.0833. The fourth-order valence-corrected chi connectivity index (χ4v) is 2.09. The minimum atomic E-state index is -0.431. The number of benzene rings is 1. The molecule has 0 radical (unpaired) electrons. The van der Waals surface area contributed by atoms with Gasteiger partial charge in [-0.05, 0) is 18.2 Å². The van der Waals surface area contributed by atoms with Gasteiger partial charge in [-0.2, -0.15) is 0 Å². The number of nitrogen functional groups attached to an aromatic ring is 1. The number of aromatic nitrogens is 1. The standard InChI is InChI=1S/C12H11N3O3S/c1-6(16)9-5-19-12(14-9)15-11(18)7-2-3-8(13)10(17)4-7/h2-5,17H,13H2,1H3,(H,14,15,18). The Bertz CT molecular complexity index is 651. The van der Waals surface area contributed by atoms with Gasteiger partial charge in [0.1, 0.15) is 11.4 Å². The molecule has 0 atom stereocenters. The molecule has 19 heavy (non-hydrogen) atoms. The SMILES string of the molecule is CC(=O)c1csc(NC(=O)c2ccc(N)c(O)c2)n1. The van der Waals surface area contributed by atoms with Crippen LogP contribution in [0, 0.1) is 0 Å². The van der Waals surface area contributed by atoms with Crippen LogP contribution in [0.2, 0.25) is 0 Å². The van der Waals surface area contributed by atoms with Gasteiger partial charge in [0.05, 0.1) is 5.69 Å². The van der Waals surface area contributed by atoms with E-state index in [0.29, 0.717) is 10.8 Å². The molecule has 6 nitrogen and oxygen atoms in total. The van der Waals surface area contributed by atoms with E-state index in [1.54, 1.807) is 5.38 Å². The summed E-state index contributed by atoms with van der Waals surface area (Å²) >= 11 is 1.16. The van der Waals surface area contributed by atoms with Crippen LogP contribution in [0.5, 0.6) is 5.75 Å². The monoisotopic (exact) mass is 277 g/mol. The Morgan fingerprint density at radius 2 is 2.16 bits per heavy atom. The zero-order chi connectivity index (χ0) is 14.0. The molecule has 0 spiro atoms. The zero-order valence-corrected chi connectivity index (χ0v) is 10.8. The van der Waals surface area contributed by atoms with Gasteiger partial charge in [0.25, 0.3) is 5.91 Å². The minimum absolute atomic E-state index is 0.156. The minimum Gasteiger partial charge on any atom is -0.506 e. The number of thiazole rings is 1. The number of phenolic OH excluding ortho intramolecular Hbond substituents is 1. The van der Waals surface area contributed by atoms with Crippen molar-refractivity contribution in [2.75, 3.05) is 11.1 Å². The highest BCUT2D eigenvalue weighted by Gasteiger charge is 2.12. The number of Topliss-reactive ketones (excluding diaryl/α,β-unsaturated/α-hetero) is 1. The number of hydrogen-bond donors (Lipinski definition) is 3. The first kappa shape index (κ1) is 13.0. The molecule has 1 aromatic carbocycles. The molecule has 0 bridgehead atoms. The maximum atomic E-state index is 11.9. The summed E-state index contributed by atoms with van der Waals surface area (Å²) in [6.07, 6.45) is 0. The van der Waals surface area contributed by atoms with Crippen molar-refractivity contribution < 1.29 is 14.7 Å². The van der Waals surface area contributed by atoms with Crippen LogP contribution in [0.25, 0.3) is 0 Å². The van der Waals surface area contributed by atoms with Crippen molar-refractivity contribution in [1.29, 1.82) is 0 Å². The third-order valence-electron chi connectivity index (χ3n) is 2.38. The maximum Gasteiger partial charge on any atom is 0.257 e. The Balaban J connectivity index is 2.15. The van der Waals surface area contributed by atoms with Gasteiger partial charge in [0.15, 0.2) is 10.9 Å². The highest BCUT2D eigenvalue weighted by Crippen LogP contribution is 2.22. The molecular weight excluding hydrogens is 266 g/mol. The summed E-state index contributed by atoms with van der Waals surface area (Å²) in [7, 11) is 0. The van der Waals surface area contributed by atoms with Crippen LogP contribution in [-0.2, 0) is 0 Å². The van der Waals surface area contributed by atoms with Crippen molar-refractivity contribution in [3.05, 3.63) is 34.8 Å². The lowest BCUT2D eigenvalue weighted by Crippen LogP contribution is -2.12. The third-order valence-corrected chi connectivity index (χ3v) is 3.14. The lowest BCUT2D eigenvalue weighted by Gasteiger charge is -2.03. The van der Waals surface area contributed by atoms with Crippen molar-refractivity contribution in [3.63, 3.8) is 0 Å². The van der Waals surface area contributed by atoms with Crippen molar-refractivity contribution in [3.8, 4) is 5.75 Å². The number of nitrogens with two attached hydrogens (primary N) is 1. The van der Waals surface area contributed by atoms with Gasteiger partial charge in [-0.1, -0.05) is 0 Å². The number of amides is 1. The first-order chi connectivity index (χ1) is 8.97. The van der Waals surface area contributed by atoms with Gasteiger partial charge in [0, 0.05) is 17.9 Å². The Hall–Kier alpha value is -2.41. The molecule has 0 saturated carbocycles. The normalized spacial score (nSPS) is 10.2. The second-order valence-corrected chi connectivity index (χ2v) is 4.68. The highest BCUT2D eigenvalue weighted by atomic mass is 32.1. The summed E-state index contributed by atoms with van der Waals surface area (Å²) in [6.45, 7) is 1.40. The first-order valence-corrected chi connectivity index (χ1v) is 6.21. The van der Waals surface area contributed by atoms with Crippen LogP contribution in [0.1, 0.15) is 27.8 Å². The van der Waals surface area contributed by atoms with E-state index in [-0.39, 0.29) is 22.8 Å². The molecule has 1 aromatic heterocycles. The molecule has 0 aliphatic carbocycles. The number of phenols is 1. The number of nitrogens with zero attached hydrogens (tertiary/aromatic N) is 1. The molecule has 0 aliphatic heterocycles. The van der Waals surface area contributed by atoms with Gasteiger partial charge in [0.2, 0.25) is 0 Å². The van der Waals surface area contributed by atoms with Gasteiger partial charge in [-0.3, -0.25) is 14.9 Å². The number of carbonyl (C=O) groups excluding carboxylic acids is 2. The summed E-state index contributed by atoms with van der Waals surface area (Å²) in [5.74, 6) is -0.752. The third kappa shape index (κ3) is 2.89. The maximum absolute atomic E-state index is 11.9. The molecule has 4 N–H and O–H groups in total. The van der Waals surface area contributed by atoms with Gasteiger partial charge >= 0.3 is 0 Å². The second-order valence-electron chi connectivity index (χ2n) is 3.82. The van der Waals surface area contributed by atoms with Crippen LogP contribution >= 0.6 is 11.3 Å². The van der Waals surface area contributed by atoms with E-state index in [0.717, 1.165) is 11.3 Å². The number of hydrogen-bond acceptors (Lipinski definition) is 6. The number of nitrogens with one attached hydrogen (secondary N) is 1. The zero-order valence-electron chi connectivity index (χ0n) is 10.0. The lowest BCUT2D eigenvalue weighted by molar-refractivity contribution is 0.100. The van der Waals surface area contributed by atoms with Crippen LogP contribution in [-0.4, -0.2) is 21.8 Å². The molecule has 0 unspecified atom stereocenters. The number of carbonyl (C=O) groups is 2. The van der Waals surface area contributed by atoms with Crippen molar-refractivity contribution in [2.45, 2.75) is 6.92 Å². The fourth-order valence-electron chi connectivity index (χ4n) is 1.35. The van der Waals surface area contributed by atoms with Crippen LogP contribution in [0.4, 0.5) is 10.8 Å². The molecule has 0 aliphatic rings. The highest BCUT2D eigenvalue weighted by molar-refractivity contribution is 7.14. The molecule has 98 valence electrons. The smallest absolute Gasteiger partial charge is 0.257 e. The molecule has 7 heteroatoms. The van der Waals surface area contributed by atoms with Crippen LogP contribution in [0.15, 0.2) is 23.6 Å². The summed E-state index contributed by atoms with van der Waals surface area (Å²) in [4.78, 5) is 26.9. The lowest BCUT2D eigenvalue weighted by atomic mass is 10.2. The topological polar surface area (TPSA) is 105 Å². The molecule has 1 heterocycles. The van der Waals surface area contributed by atoms with E-state index in [4.69, 9.17) is 5.73 Å². The molecular formula is C12H11N3O3S. The number of anilines is 2. The predicted molar refractivity (Wildman–Crippen MR) is 72.6 cm³/mol. The van der Waals surface area contributed by atoms with E-state index in [9.17, 15) is 14.7 Å². The summed E-state index contributed by atoms with van der Waals surface area (Å²) in [5, 5.41) is 13.9. The molecule has 1 amide bonds. The van der Waals surface area contributed by atoms with E-state index in [2.05, 4.69) is 10.3 Å². The predicted octanol–water partition coefficient (Wildman–Crippen LogP) is 1.89.